The van der Waals surface area contributed by atoms with Crippen LogP contribution in [-0.2, 0) is 10.1 Å². The molecule has 0 bridgehead atoms. The van der Waals surface area contributed by atoms with Gasteiger partial charge in [0.1, 0.15) is 16.5 Å². The van der Waals surface area contributed by atoms with Gasteiger partial charge in [0.2, 0.25) is 5.88 Å². The van der Waals surface area contributed by atoms with Gasteiger partial charge >= 0.3 is 10.1 Å². The fraction of sp³-hybridized carbons (Fsp3) is 0.407. The SMILES string of the molecule is COc1cccc(-n2c(C)nc(OS(=O)(=O)c3c(C(C)C)cc(C(C)C)cc3C(C)C)cc2=O)c1. The molecule has 0 amide bonds. The minimum atomic E-state index is -4.26. The molecule has 188 valence electrons. The molecule has 3 aromatic rings. The fourth-order valence-electron chi connectivity index (χ4n) is 4.01. The summed E-state index contributed by atoms with van der Waals surface area (Å²) in [5, 5.41) is 0. The van der Waals surface area contributed by atoms with E-state index in [1.807, 2.05) is 39.8 Å². The summed E-state index contributed by atoms with van der Waals surface area (Å²) in [5.74, 6) is 0.772. The number of rotatable bonds is 8. The van der Waals surface area contributed by atoms with E-state index in [2.05, 4.69) is 18.8 Å². The first-order chi connectivity index (χ1) is 16.4. The van der Waals surface area contributed by atoms with Crippen LogP contribution in [0.15, 0.2) is 52.2 Å². The maximum atomic E-state index is 13.6. The minimum Gasteiger partial charge on any atom is -0.497 e. The molecule has 0 unspecified atom stereocenters. The molecule has 35 heavy (non-hydrogen) atoms. The highest BCUT2D eigenvalue weighted by atomic mass is 32.2. The molecule has 0 N–H and O–H groups in total. The van der Waals surface area contributed by atoms with Crippen molar-refractivity contribution in [3.8, 4) is 17.3 Å². The summed E-state index contributed by atoms with van der Waals surface area (Å²) in [7, 11) is -2.72. The number of ether oxygens (including phenoxy) is 1. The summed E-state index contributed by atoms with van der Waals surface area (Å²) in [6.45, 7) is 13.6. The molecule has 1 heterocycles. The van der Waals surface area contributed by atoms with Crippen molar-refractivity contribution in [1.82, 2.24) is 9.55 Å². The van der Waals surface area contributed by atoms with Crippen LogP contribution in [0.4, 0.5) is 0 Å². The topological polar surface area (TPSA) is 87.5 Å². The van der Waals surface area contributed by atoms with Crippen molar-refractivity contribution in [3.63, 3.8) is 0 Å². The second-order valence-corrected chi connectivity index (χ2v) is 11.0. The van der Waals surface area contributed by atoms with E-state index in [1.54, 1.807) is 38.3 Å². The molecule has 0 aliphatic carbocycles. The lowest BCUT2D eigenvalue weighted by molar-refractivity contribution is 0.414. The third-order valence-electron chi connectivity index (χ3n) is 5.90. The number of aryl methyl sites for hydroxylation is 1. The van der Waals surface area contributed by atoms with Crippen molar-refractivity contribution in [2.24, 2.45) is 0 Å². The Morgan fingerprint density at radius 1 is 0.886 bits per heavy atom. The second-order valence-electron chi connectivity index (χ2n) is 9.55. The van der Waals surface area contributed by atoms with Crippen molar-refractivity contribution in [1.29, 1.82) is 0 Å². The van der Waals surface area contributed by atoms with Crippen molar-refractivity contribution in [2.75, 3.05) is 7.11 Å². The first kappa shape index (κ1) is 26.5. The van der Waals surface area contributed by atoms with Crippen LogP contribution in [0.3, 0.4) is 0 Å². The number of methoxy groups -OCH3 is 1. The zero-order chi connectivity index (χ0) is 26.1. The van der Waals surface area contributed by atoms with E-state index in [0.29, 0.717) is 28.4 Å². The summed E-state index contributed by atoms with van der Waals surface area (Å²) in [6.07, 6.45) is 0. The van der Waals surface area contributed by atoms with Gasteiger partial charge in [-0.05, 0) is 53.5 Å². The van der Waals surface area contributed by atoms with Crippen LogP contribution >= 0.6 is 0 Å². The summed E-state index contributed by atoms with van der Waals surface area (Å²) in [4.78, 5) is 17.4. The molecular weight excluding hydrogens is 464 g/mol. The number of benzene rings is 2. The molecule has 0 radical (unpaired) electrons. The monoisotopic (exact) mass is 498 g/mol. The summed E-state index contributed by atoms with van der Waals surface area (Å²) >= 11 is 0. The number of hydrogen-bond donors (Lipinski definition) is 0. The maximum absolute atomic E-state index is 13.6. The van der Waals surface area contributed by atoms with E-state index in [-0.39, 0.29) is 28.5 Å². The lowest BCUT2D eigenvalue weighted by Gasteiger charge is -2.22. The molecular formula is C27H34N2O5S. The molecule has 0 spiro atoms. The Labute approximate surface area is 207 Å². The first-order valence-corrected chi connectivity index (χ1v) is 13.1. The molecule has 2 aromatic carbocycles. The van der Waals surface area contributed by atoms with Crippen LogP contribution in [0.5, 0.6) is 11.6 Å². The van der Waals surface area contributed by atoms with Crippen molar-refractivity contribution >= 4 is 10.1 Å². The van der Waals surface area contributed by atoms with E-state index in [4.69, 9.17) is 8.92 Å². The summed E-state index contributed by atoms with van der Waals surface area (Å²) in [5.41, 5.74) is 2.57. The Balaban J connectivity index is 2.12. The predicted molar refractivity (Wildman–Crippen MR) is 138 cm³/mol. The number of aromatic nitrogens is 2. The van der Waals surface area contributed by atoms with Gasteiger partial charge in [0.05, 0.1) is 18.9 Å². The number of hydrogen-bond acceptors (Lipinski definition) is 6. The molecule has 8 heteroatoms. The van der Waals surface area contributed by atoms with Crippen molar-refractivity contribution in [2.45, 2.75) is 71.1 Å². The second kappa shape index (κ2) is 10.2. The van der Waals surface area contributed by atoms with Gasteiger partial charge in [0, 0.05) is 6.07 Å². The largest absolute Gasteiger partial charge is 0.497 e. The van der Waals surface area contributed by atoms with Crippen LogP contribution in [0.2, 0.25) is 0 Å². The molecule has 3 rings (SSSR count). The van der Waals surface area contributed by atoms with Crippen LogP contribution < -0.4 is 14.5 Å². The highest BCUT2D eigenvalue weighted by molar-refractivity contribution is 7.87. The van der Waals surface area contributed by atoms with Gasteiger partial charge in [-0.1, -0.05) is 59.7 Å². The highest BCUT2D eigenvalue weighted by Gasteiger charge is 2.29. The van der Waals surface area contributed by atoms with E-state index in [9.17, 15) is 13.2 Å². The van der Waals surface area contributed by atoms with Gasteiger partial charge in [0.15, 0.2) is 0 Å². The quantitative estimate of drug-likeness (QED) is 0.371. The Kier molecular flexibility index (Phi) is 7.74. The lowest BCUT2D eigenvalue weighted by atomic mass is 9.89. The van der Waals surface area contributed by atoms with E-state index >= 15 is 0 Å². The van der Waals surface area contributed by atoms with E-state index < -0.39 is 15.7 Å². The molecule has 7 nitrogen and oxygen atoms in total. The van der Waals surface area contributed by atoms with Crippen molar-refractivity contribution < 1.29 is 17.3 Å². The lowest BCUT2D eigenvalue weighted by Crippen LogP contribution is -2.23. The Hall–Kier alpha value is -3.13. The van der Waals surface area contributed by atoms with Gasteiger partial charge in [-0.15, -0.1) is 0 Å². The van der Waals surface area contributed by atoms with Crippen molar-refractivity contribution in [3.05, 3.63) is 75.3 Å². The maximum Gasteiger partial charge on any atom is 0.341 e. The van der Waals surface area contributed by atoms with E-state index in [1.165, 1.54) is 4.57 Å². The Bertz CT molecular complexity index is 1360. The van der Waals surface area contributed by atoms with Gasteiger partial charge in [-0.25, -0.2) is 0 Å². The van der Waals surface area contributed by atoms with Gasteiger partial charge in [-0.2, -0.15) is 13.4 Å². The predicted octanol–water partition coefficient (Wildman–Crippen LogP) is 5.69. The summed E-state index contributed by atoms with van der Waals surface area (Å²) in [6, 6.07) is 12.0. The fourth-order valence-corrected chi connectivity index (χ4v) is 5.57. The molecule has 0 aliphatic rings. The Morgan fingerprint density at radius 3 is 1.97 bits per heavy atom. The first-order valence-electron chi connectivity index (χ1n) is 11.7. The average molecular weight is 499 g/mol. The van der Waals surface area contributed by atoms with Gasteiger partial charge in [-0.3, -0.25) is 9.36 Å². The normalized spacial score (nSPS) is 12.0. The average Bonchev–Trinajstić information content (AvgIpc) is 2.77. The molecule has 1 aromatic heterocycles. The van der Waals surface area contributed by atoms with Crippen LogP contribution in [0.1, 0.15) is 81.8 Å². The molecule has 0 atom stereocenters. The van der Waals surface area contributed by atoms with Gasteiger partial charge in [0.25, 0.3) is 5.56 Å². The zero-order valence-corrected chi connectivity index (χ0v) is 22.4. The van der Waals surface area contributed by atoms with Crippen LogP contribution in [-0.4, -0.2) is 25.1 Å². The smallest absolute Gasteiger partial charge is 0.341 e. The third kappa shape index (κ3) is 5.59. The molecule has 0 saturated heterocycles. The van der Waals surface area contributed by atoms with E-state index in [0.717, 1.165) is 11.6 Å². The molecule has 0 aliphatic heterocycles. The minimum absolute atomic E-state index is 0.0460. The third-order valence-corrected chi connectivity index (χ3v) is 7.26. The standard InChI is InChI=1S/C27H34N2O5S/c1-16(2)20-12-23(17(3)4)27(24(13-20)18(5)6)35(31,32)34-25-15-26(30)29(19(7)28-25)21-10-9-11-22(14-21)33-8/h9-18H,1-8H3. The molecule has 0 fully saturated rings. The van der Waals surface area contributed by atoms with Crippen LogP contribution in [0, 0.1) is 6.92 Å². The number of nitrogens with zero attached hydrogens (tertiary/aromatic N) is 2. The zero-order valence-electron chi connectivity index (χ0n) is 21.6. The summed E-state index contributed by atoms with van der Waals surface area (Å²) < 4.78 is 39.3. The Morgan fingerprint density at radius 2 is 1.49 bits per heavy atom. The van der Waals surface area contributed by atoms with Gasteiger partial charge < -0.3 is 8.92 Å². The van der Waals surface area contributed by atoms with Crippen LogP contribution in [0.25, 0.3) is 5.69 Å². The highest BCUT2D eigenvalue weighted by Crippen LogP contribution is 2.36. The molecule has 0 saturated carbocycles.